The Morgan fingerprint density at radius 2 is 1.15 bits per heavy atom. The third-order valence-corrected chi connectivity index (χ3v) is 5.88. The van der Waals surface area contributed by atoms with Crippen LogP contribution in [-0.4, -0.2) is 46.4 Å². The molecule has 0 spiro atoms. The van der Waals surface area contributed by atoms with Gasteiger partial charge in [0.15, 0.2) is 0 Å². The second kappa shape index (κ2) is 11.5. The summed E-state index contributed by atoms with van der Waals surface area (Å²) in [4.78, 5) is 13.7. The first-order chi connectivity index (χ1) is 16.6. The van der Waals surface area contributed by atoms with Crippen LogP contribution in [0.4, 0.5) is 17.8 Å². The fourth-order valence-electron chi connectivity index (χ4n) is 3.85. The number of nitrogens with zero attached hydrogens (tertiary/aromatic N) is 3. The van der Waals surface area contributed by atoms with Gasteiger partial charge in [-0.1, -0.05) is 24.3 Å². The first-order valence-corrected chi connectivity index (χ1v) is 11.6. The summed E-state index contributed by atoms with van der Waals surface area (Å²) in [6.07, 6.45) is 3.13. The Bertz CT molecular complexity index is 968. The van der Waals surface area contributed by atoms with Gasteiger partial charge in [0.05, 0.1) is 20.3 Å². The molecule has 3 aromatic rings. The van der Waals surface area contributed by atoms with Crippen molar-refractivity contribution in [1.82, 2.24) is 15.0 Å². The molecular formula is C25H32N6O3. The number of aliphatic hydroxyl groups is 1. The normalized spacial score (nSPS) is 17.6. The lowest BCUT2D eigenvalue weighted by Gasteiger charge is -2.26. The molecule has 0 radical (unpaired) electrons. The van der Waals surface area contributed by atoms with Crippen molar-refractivity contribution in [2.24, 2.45) is 0 Å². The molecule has 1 heterocycles. The Morgan fingerprint density at radius 1 is 0.706 bits per heavy atom. The van der Waals surface area contributed by atoms with E-state index < -0.39 is 0 Å². The van der Waals surface area contributed by atoms with Gasteiger partial charge in [0.25, 0.3) is 0 Å². The van der Waals surface area contributed by atoms with E-state index in [1.165, 1.54) is 0 Å². The number of hydrogen-bond acceptors (Lipinski definition) is 9. The average Bonchev–Trinajstić information content (AvgIpc) is 2.88. The number of methoxy groups -OCH3 is 2. The zero-order chi connectivity index (χ0) is 23.8. The van der Waals surface area contributed by atoms with Gasteiger partial charge in [-0.05, 0) is 61.1 Å². The monoisotopic (exact) mass is 464 g/mol. The van der Waals surface area contributed by atoms with E-state index >= 15 is 0 Å². The fraction of sp³-hybridized carbons (Fsp3) is 0.400. The van der Waals surface area contributed by atoms with Crippen LogP contribution < -0.4 is 25.4 Å². The van der Waals surface area contributed by atoms with Crippen LogP contribution in [-0.2, 0) is 13.1 Å². The minimum atomic E-state index is -0.208. The maximum absolute atomic E-state index is 9.80. The zero-order valence-corrected chi connectivity index (χ0v) is 19.6. The van der Waals surface area contributed by atoms with Crippen LogP contribution in [0.2, 0.25) is 0 Å². The Balaban J connectivity index is 1.46. The molecule has 1 fully saturated rings. The second-order valence-electron chi connectivity index (χ2n) is 8.36. The average molecular weight is 465 g/mol. The molecule has 9 nitrogen and oxygen atoms in total. The fourth-order valence-corrected chi connectivity index (χ4v) is 3.85. The Kier molecular flexibility index (Phi) is 7.98. The number of benzene rings is 2. The highest BCUT2D eigenvalue weighted by atomic mass is 16.5. The summed E-state index contributed by atoms with van der Waals surface area (Å²) in [5.41, 5.74) is 2.18. The van der Waals surface area contributed by atoms with Crippen molar-refractivity contribution in [2.75, 3.05) is 30.2 Å². The van der Waals surface area contributed by atoms with Crippen LogP contribution in [0.15, 0.2) is 48.5 Å². The number of aromatic nitrogens is 3. The van der Waals surface area contributed by atoms with Crippen molar-refractivity contribution in [3.63, 3.8) is 0 Å². The molecule has 4 N–H and O–H groups in total. The van der Waals surface area contributed by atoms with E-state index in [9.17, 15) is 5.11 Å². The van der Waals surface area contributed by atoms with Crippen molar-refractivity contribution in [2.45, 2.75) is 50.9 Å². The number of hydrogen-bond donors (Lipinski definition) is 4. The van der Waals surface area contributed by atoms with E-state index in [0.717, 1.165) is 48.3 Å². The Hall–Kier alpha value is -3.59. The smallest absolute Gasteiger partial charge is 0.229 e. The van der Waals surface area contributed by atoms with Crippen molar-refractivity contribution in [3.05, 3.63) is 59.7 Å². The van der Waals surface area contributed by atoms with Crippen LogP contribution in [0.1, 0.15) is 36.8 Å². The highest BCUT2D eigenvalue weighted by Crippen LogP contribution is 2.22. The lowest BCUT2D eigenvalue weighted by molar-refractivity contribution is 0.126. The van der Waals surface area contributed by atoms with Gasteiger partial charge >= 0.3 is 0 Å². The SMILES string of the molecule is COc1ccc(CNc2nc(NCc3ccc(OC)cc3)nc(NC3CCC(O)CC3)n2)cc1. The van der Waals surface area contributed by atoms with Gasteiger partial charge in [-0.3, -0.25) is 0 Å². The predicted molar refractivity (Wildman–Crippen MR) is 132 cm³/mol. The number of anilines is 3. The summed E-state index contributed by atoms with van der Waals surface area (Å²) in [6.45, 7) is 1.14. The molecular weight excluding hydrogens is 432 g/mol. The van der Waals surface area contributed by atoms with E-state index in [0.29, 0.717) is 30.9 Å². The van der Waals surface area contributed by atoms with Crippen molar-refractivity contribution < 1.29 is 14.6 Å². The number of nitrogens with one attached hydrogen (secondary N) is 3. The lowest BCUT2D eigenvalue weighted by atomic mass is 9.93. The molecule has 0 saturated heterocycles. The summed E-state index contributed by atoms with van der Waals surface area (Å²) < 4.78 is 10.5. The van der Waals surface area contributed by atoms with E-state index in [2.05, 4.69) is 30.9 Å². The number of rotatable bonds is 10. The lowest BCUT2D eigenvalue weighted by Crippen LogP contribution is -2.29. The maximum Gasteiger partial charge on any atom is 0.229 e. The summed E-state index contributed by atoms with van der Waals surface area (Å²) in [5, 5.41) is 19.8. The summed E-state index contributed by atoms with van der Waals surface area (Å²) >= 11 is 0. The van der Waals surface area contributed by atoms with Crippen LogP contribution in [0.5, 0.6) is 11.5 Å². The van der Waals surface area contributed by atoms with Gasteiger partial charge in [-0.25, -0.2) is 0 Å². The molecule has 4 rings (SSSR count). The Labute approximate surface area is 200 Å². The highest BCUT2D eigenvalue weighted by Gasteiger charge is 2.20. The summed E-state index contributed by atoms with van der Waals surface area (Å²) in [5.74, 6) is 3.13. The molecule has 1 aromatic heterocycles. The molecule has 0 unspecified atom stereocenters. The molecule has 180 valence electrons. The van der Waals surface area contributed by atoms with Gasteiger partial charge in [0, 0.05) is 19.1 Å². The zero-order valence-electron chi connectivity index (χ0n) is 19.6. The van der Waals surface area contributed by atoms with E-state index in [-0.39, 0.29) is 12.1 Å². The molecule has 1 saturated carbocycles. The molecule has 1 aliphatic carbocycles. The highest BCUT2D eigenvalue weighted by molar-refractivity contribution is 5.44. The van der Waals surface area contributed by atoms with Crippen molar-refractivity contribution >= 4 is 17.8 Å². The first kappa shape index (κ1) is 23.6. The van der Waals surface area contributed by atoms with Crippen LogP contribution in [0, 0.1) is 0 Å². The van der Waals surface area contributed by atoms with Crippen LogP contribution in [0.25, 0.3) is 0 Å². The van der Waals surface area contributed by atoms with Crippen LogP contribution >= 0.6 is 0 Å². The number of aliphatic hydroxyl groups excluding tert-OH is 1. The maximum atomic E-state index is 9.80. The molecule has 9 heteroatoms. The Morgan fingerprint density at radius 3 is 1.59 bits per heavy atom. The summed E-state index contributed by atoms with van der Waals surface area (Å²) in [7, 11) is 3.31. The summed E-state index contributed by atoms with van der Waals surface area (Å²) in [6, 6.07) is 15.9. The van der Waals surface area contributed by atoms with Crippen LogP contribution in [0.3, 0.4) is 0 Å². The van der Waals surface area contributed by atoms with Gasteiger partial charge in [0.2, 0.25) is 17.8 Å². The molecule has 1 aliphatic rings. The largest absolute Gasteiger partial charge is 0.497 e. The van der Waals surface area contributed by atoms with Gasteiger partial charge in [-0.2, -0.15) is 15.0 Å². The van der Waals surface area contributed by atoms with E-state index in [1.807, 2.05) is 48.5 Å². The van der Waals surface area contributed by atoms with Crippen molar-refractivity contribution in [3.8, 4) is 11.5 Å². The molecule has 0 aliphatic heterocycles. The van der Waals surface area contributed by atoms with Crippen molar-refractivity contribution in [1.29, 1.82) is 0 Å². The minimum absolute atomic E-state index is 0.208. The molecule has 2 aromatic carbocycles. The first-order valence-electron chi connectivity index (χ1n) is 11.6. The minimum Gasteiger partial charge on any atom is -0.497 e. The van der Waals surface area contributed by atoms with Gasteiger partial charge < -0.3 is 30.5 Å². The third kappa shape index (κ3) is 6.71. The second-order valence-corrected chi connectivity index (χ2v) is 8.36. The molecule has 0 bridgehead atoms. The van der Waals surface area contributed by atoms with Gasteiger partial charge in [0.1, 0.15) is 11.5 Å². The van der Waals surface area contributed by atoms with E-state index in [1.54, 1.807) is 14.2 Å². The quantitative estimate of drug-likeness (QED) is 0.355. The predicted octanol–water partition coefficient (Wildman–Crippen LogP) is 3.83. The molecule has 0 amide bonds. The molecule has 34 heavy (non-hydrogen) atoms. The number of ether oxygens (including phenoxy) is 2. The standard InChI is InChI=1S/C25H32N6O3/c1-33-21-11-3-17(4-12-21)15-26-23-29-24(27-16-18-5-13-22(34-2)14-6-18)31-25(30-23)28-19-7-9-20(32)10-8-19/h3-6,11-14,19-20,32H,7-10,15-16H2,1-2H3,(H3,26,27,28,29,30,31). The topological polar surface area (TPSA) is 113 Å². The third-order valence-electron chi connectivity index (χ3n) is 5.88. The van der Waals surface area contributed by atoms with E-state index in [4.69, 9.17) is 9.47 Å². The molecule has 0 atom stereocenters. The van der Waals surface area contributed by atoms with Gasteiger partial charge in [-0.15, -0.1) is 0 Å².